The summed E-state index contributed by atoms with van der Waals surface area (Å²) in [6, 6.07) is 0. The molecule has 0 aliphatic heterocycles. The fourth-order valence-corrected chi connectivity index (χ4v) is 1.81. The quantitative estimate of drug-likeness (QED) is 0.734. The molecule has 1 saturated carbocycles. The van der Waals surface area contributed by atoms with Crippen molar-refractivity contribution < 1.29 is 9.90 Å². The zero-order chi connectivity index (χ0) is 10.3. The minimum atomic E-state index is -1.09. The summed E-state index contributed by atoms with van der Waals surface area (Å²) in [4.78, 5) is 25.0. The maximum atomic E-state index is 11.3. The van der Waals surface area contributed by atoms with Crippen molar-refractivity contribution in [2.75, 3.05) is 0 Å². The number of rotatable bonds is 3. The van der Waals surface area contributed by atoms with Crippen LogP contribution < -0.4 is 5.69 Å². The van der Waals surface area contributed by atoms with Crippen LogP contribution in [0.2, 0.25) is 0 Å². The lowest BCUT2D eigenvalue weighted by atomic mass is 9.96. The van der Waals surface area contributed by atoms with E-state index in [0.717, 1.165) is 12.8 Å². The van der Waals surface area contributed by atoms with Gasteiger partial charge in [-0.1, -0.05) is 0 Å². The molecular formula is C9H12N2O3. The van der Waals surface area contributed by atoms with Crippen LogP contribution in [0.15, 0.2) is 17.2 Å². The minimum absolute atomic E-state index is 0.0773. The molecule has 0 amide bonds. The second-order valence-electron chi connectivity index (χ2n) is 3.86. The number of imidazole rings is 1. The molecular weight excluding hydrogens is 184 g/mol. The summed E-state index contributed by atoms with van der Waals surface area (Å²) in [5.41, 5.74) is -1.45. The van der Waals surface area contributed by atoms with Crippen molar-refractivity contribution in [2.45, 2.75) is 25.3 Å². The van der Waals surface area contributed by atoms with Gasteiger partial charge < -0.3 is 10.1 Å². The molecule has 1 fully saturated rings. The van der Waals surface area contributed by atoms with E-state index in [0.29, 0.717) is 0 Å². The van der Waals surface area contributed by atoms with Gasteiger partial charge in [-0.05, 0) is 25.7 Å². The van der Waals surface area contributed by atoms with E-state index >= 15 is 0 Å². The van der Waals surface area contributed by atoms with Gasteiger partial charge in [0.25, 0.3) is 0 Å². The van der Waals surface area contributed by atoms with E-state index in [1.54, 1.807) is 6.92 Å². The largest absolute Gasteiger partial charge is 0.479 e. The van der Waals surface area contributed by atoms with Crippen molar-refractivity contribution in [3.63, 3.8) is 0 Å². The zero-order valence-corrected chi connectivity index (χ0v) is 7.86. The maximum Gasteiger partial charge on any atom is 0.330 e. The van der Waals surface area contributed by atoms with Gasteiger partial charge in [0.1, 0.15) is 5.54 Å². The average Bonchev–Trinajstić information content (AvgIpc) is 2.88. The standard InChI is InChI=1S/C9H12N2O3/c1-9(7(12)13,6-2-3-6)11-5-4-10-8(11)14/h4-6H,2-3H2,1H3,(H,10,14)(H,12,13). The molecule has 0 bridgehead atoms. The van der Waals surface area contributed by atoms with Gasteiger partial charge >= 0.3 is 11.7 Å². The second kappa shape index (κ2) is 2.73. The Bertz CT molecular complexity index is 416. The fraction of sp³-hybridized carbons (Fsp3) is 0.556. The van der Waals surface area contributed by atoms with Crippen LogP contribution in [0.3, 0.4) is 0 Å². The molecule has 0 aromatic carbocycles. The van der Waals surface area contributed by atoms with Gasteiger partial charge in [-0.25, -0.2) is 9.59 Å². The lowest BCUT2D eigenvalue weighted by Crippen LogP contribution is -2.45. The van der Waals surface area contributed by atoms with Crippen LogP contribution in [0.25, 0.3) is 0 Å². The number of hydrogen-bond donors (Lipinski definition) is 2. The smallest absolute Gasteiger partial charge is 0.330 e. The topological polar surface area (TPSA) is 75.1 Å². The van der Waals surface area contributed by atoms with Gasteiger partial charge in [-0.3, -0.25) is 4.57 Å². The molecule has 1 aliphatic rings. The molecule has 1 aliphatic carbocycles. The highest BCUT2D eigenvalue weighted by Gasteiger charge is 2.49. The number of carboxylic acid groups (broad SMARTS) is 1. The molecule has 2 rings (SSSR count). The van der Waals surface area contributed by atoms with E-state index in [1.807, 2.05) is 0 Å². The van der Waals surface area contributed by atoms with Crippen LogP contribution in [0.5, 0.6) is 0 Å². The Kier molecular flexibility index (Phi) is 1.77. The van der Waals surface area contributed by atoms with Gasteiger partial charge in [0.15, 0.2) is 0 Å². The maximum absolute atomic E-state index is 11.3. The van der Waals surface area contributed by atoms with Crippen LogP contribution >= 0.6 is 0 Å². The molecule has 1 aromatic heterocycles. The molecule has 14 heavy (non-hydrogen) atoms. The number of aromatic nitrogens is 2. The van der Waals surface area contributed by atoms with Crippen molar-refractivity contribution in [3.8, 4) is 0 Å². The van der Waals surface area contributed by atoms with Gasteiger partial charge in [0.2, 0.25) is 0 Å². The Morgan fingerprint density at radius 2 is 2.36 bits per heavy atom. The third-order valence-electron chi connectivity index (χ3n) is 2.95. The number of aliphatic carboxylic acids is 1. The van der Waals surface area contributed by atoms with Crippen LogP contribution in [0, 0.1) is 5.92 Å². The van der Waals surface area contributed by atoms with Gasteiger partial charge in [0, 0.05) is 12.4 Å². The van der Waals surface area contributed by atoms with E-state index in [1.165, 1.54) is 17.0 Å². The zero-order valence-electron chi connectivity index (χ0n) is 7.86. The summed E-state index contributed by atoms with van der Waals surface area (Å²) in [6.07, 6.45) is 4.71. The minimum Gasteiger partial charge on any atom is -0.479 e. The lowest BCUT2D eigenvalue weighted by Gasteiger charge is -2.25. The highest BCUT2D eigenvalue weighted by atomic mass is 16.4. The highest BCUT2D eigenvalue weighted by Crippen LogP contribution is 2.43. The summed E-state index contributed by atoms with van der Waals surface area (Å²) in [5, 5.41) is 9.17. The normalized spacial score (nSPS) is 20.4. The second-order valence-corrected chi connectivity index (χ2v) is 3.86. The summed E-state index contributed by atoms with van der Waals surface area (Å²) in [7, 11) is 0. The third kappa shape index (κ3) is 1.08. The Balaban J connectivity index is 2.51. The predicted octanol–water partition coefficient (Wildman–Crippen LogP) is 0.386. The molecule has 2 N–H and O–H groups in total. The number of nitrogens with zero attached hydrogens (tertiary/aromatic N) is 1. The third-order valence-corrected chi connectivity index (χ3v) is 2.95. The molecule has 76 valence electrons. The summed E-state index contributed by atoms with van der Waals surface area (Å²) in [5.74, 6) is -0.866. The van der Waals surface area contributed by atoms with Gasteiger partial charge in [0.05, 0.1) is 0 Å². The van der Waals surface area contributed by atoms with Crippen molar-refractivity contribution in [2.24, 2.45) is 5.92 Å². The number of hydrogen-bond acceptors (Lipinski definition) is 2. The van der Waals surface area contributed by atoms with Crippen molar-refractivity contribution in [1.29, 1.82) is 0 Å². The fourth-order valence-electron chi connectivity index (χ4n) is 1.81. The summed E-state index contributed by atoms with van der Waals surface area (Å²) >= 11 is 0. The van der Waals surface area contributed by atoms with E-state index in [9.17, 15) is 9.59 Å². The lowest BCUT2D eigenvalue weighted by molar-refractivity contribution is -0.148. The number of aromatic amines is 1. The van der Waals surface area contributed by atoms with Crippen molar-refractivity contribution >= 4 is 5.97 Å². The highest BCUT2D eigenvalue weighted by molar-refractivity contribution is 5.77. The Morgan fingerprint density at radius 3 is 2.71 bits per heavy atom. The molecule has 0 spiro atoms. The Labute approximate surface area is 80.4 Å². The molecule has 5 nitrogen and oxygen atoms in total. The Morgan fingerprint density at radius 1 is 1.71 bits per heavy atom. The van der Waals surface area contributed by atoms with E-state index in [4.69, 9.17) is 5.11 Å². The first-order valence-electron chi connectivity index (χ1n) is 4.56. The summed E-state index contributed by atoms with van der Waals surface area (Å²) < 4.78 is 1.27. The Hall–Kier alpha value is -1.52. The first-order valence-corrected chi connectivity index (χ1v) is 4.56. The number of carbonyl (C=O) groups is 1. The SMILES string of the molecule is CC(C(=O)O)(C1CC1)n1cc[nH]c1=O. The van der Waals surface area contributed by atoms with Crippen LogP contribution in [0.1, 0.15) is 19.8 Å². The van der Waals surface area contributed by atoms with Crippen LogP contribution in [-0.4, -0.2) is 20.6 Å². The van der Waals surface area contributed by atoms with Crippen LogP contribution in [-0.2, 0) is 10.3 Å². The molecule has 5 heteroatoms. The molecule has 1 heterocycles. The van der Waals surface area contributed by atoms with Crippen LogP contribution in [0.4, 0.5) is 0 Å². The summed E-state index contributed by atoms with van der Waals surface area (Å²) in [6.45, 7) is 1.60. The van der Waals surface area contributed by atoms with Gasteiger partial charge in [-0.15, -0.1) is 0 Å². The molecule has 1 aromatic rings. The predicted molar refractivity (Wildman–Crippen MR) is 49.1 cm³/mol. The molecule has 1 atom stereocenters. The number of nitrogens with one attached hydrogen (secondary N) is 1. The van der Waals surface area contributed by atoms with Crippen molar-refractivity contribution in [3.05, 3.63) is 22.9 Å². The first-order chi connectivity index (χ1) is 6.56. The number of carboxylic acids is 1. The van der Waals surface area contributed by atoms with E-state index in [2.05, 4.69) is 4.98 Å². The van der Waals surface area contributed by atoms with Crippen molar-refractivity contribution in [1.82, 2.24) is 9.55 Å². The van der Waals surface area contributed by atoms with Gasteiger partial charge in [-0.2, -0.15) is 0 Å². The van der Waals surface area contributed by atoms with E-state index in [-0.39, 0.29) is 11.6 Å². The van der Waals surface area contributed by atoms with E-state index < -0.39 is 11.5 Å². The molecule has 0 saturated heterocycles. The first kappa shape index (κ1) is 9.05. The number of H-pyrrole nitrogens is 1. The monoisotopic (exact) mass is 196 g/mol. The molecule has 0 radical (unpaired) electrons. The average molecular weight is 196 g/mol. The molecule has 1 unspecified atom stereocenters.